The fourth-order valence-electron chi connectivity index (χ4n) is 1.25. The number of carbonyl (C=O) groups is 1. The van der Waals surface area contributed by atoms with E-state index >= 15 is 0 Å². The lowest BCUT2D eigenvalue weighted by Gasteiger charge is -2.29. The average molecular weight is 198 g/mol. The summed E-state index contributed by atoms with van der Waals surface area (Å²) in [7, 11) is 1.93. The number of rotatable bonds is 6. The van der Waals surface area contributed by atoms with Crippen molar-refractivity contribution in [2.45, 2.75) is 45.2 Å². The van der Waals surface area contributed by atoms with Gasteiger partial charge in [-0.15, -0.1) is 0 Å². The molecule has 0 aliphatic heterocycles. The van der Waals surface area contributed by atoms with Gasteiger partial charge in [0.15, 0.2) is 0 Å². The molecule has 0 aromatic rings. The number of hydrogen-bond acceptors (Lipinski definition) is 3. The summed E-state index contributed by atoms with van der Waals surface area (Å²) >= 11 is 0. The monoisotopic (exact) mass is 198 g/mol. The van der Waals surface area contributed by atoms with Crippen LogP contribution in [0.3, 0.4) is 0 Å². The van der Waals surface area contributed by atoms with Crippen LogP contribution in [-0.2, 0) is 4.79 Å². The van der Waals surface area contributed by atoms with Crippen molar-refractivity contribution in [1.82, 2.24) is 4.90 Å². The Morgan fingerprint density at radius 1 is 1.50 bits per heavy atom. The first kappa shape index (κ1) is 12.9. The van der Waals surface area contributed by atoms with Gasteiger partial charge in [0.05, 0.1) is 12.5 Å². The quantitative estimate of drug-likeness (QED) is 0.702. The molecule has 0 aliphatic rings. The number of nitrogens with zero attached hydrogens (tertiary/aromatic N) is 2. The van der Waals surface area contributed by atoms with Crippen molar-refractivity contribution in [3.8, 4) is 6.07 Å². The zero-order valence-corrected chi connectivity index (χ0v) is 9.03. The average Bonchev–Trinajstić information content (AvgIpc) is 2.13. The van der Waals surface area contributed by atoms with Crippen LogP contribution in [0.15, 0.2) is 0 Å². The van der Waals surface area contributed by atoms with Gasteiger partial charge in [0.1, 0.15) is 0 Å². The molecule has 2 atom stereocenters. The van der Waals surface area contributed by atoms with Crippen LogP contribution in [0.2, 0.25) is 0 Å². The molecule has 0 aliphatic carbocycles. The highest BCUT2D eigenvalue weighted by molar-refractivity contribution is 5.66. The van der Waals surface area contributed by atoms with E-state index in [0.29, 0.717) is 12.8 Å². The minimum absolute atomic E-state index is 0.184. The molecule has 0 saturated carbocycles. The molecule has 4 heteroatoms. The predicted molar refractivity (Wildman–Crippen MR) is 53.8 cm³/mol. The fraction of sp³-hybridized carbons (Fsp3) is 0.800. The van der Waals surface area contributed by atoms with Crippen molar-refractivity contribution >= 4 is 5.97 Å². The van der Waals surface area contributed by atoms with Gasteiger partial charge in [-0.1, -0.05) is 0 Å². The second-order valence-electron chi connectivity index (χ2n) is 3.66. The normalized spacial score (nSPS) is 14.8. The summed E-state index contributed by atoms with van der Waals surface area (Å²) in [6.07, 6.45) is 1.29. The summed E-state index contributed by atoms with van der Waals surface area (Å²) < 4.78 is 0. The van der Waals surface area contributed by atoms with Gasteiger partial charge in [0.25, 0.3) is 0 Å². The maximum Gasteiger partial charge on any atom is 0.303 e. The van der Waals surface area contributed by atoms with Crippen molar-refractivity contribution in [3.05, 3.63) is 0 Å². The molecule has 0 rings (SSSR count). The molecule has 0 bridgehead atoms. The third-order valence-corrected chi connectivity index (χ3v) is 2.55. The van der Waals surface area contributed by atoms with Crippen LogP contribution < -0.4 is 0 Å². The smallest absolute Gasteiger partial charge is 0.303 e. The van der Waals surface area contributed by atoms with E-state index in [4.69, 9.17) is 10.4 Å². The summed E-state index contributed by atoms with van der Waals surface area (Å²) in [6, 6.07) is 2.50. The predicted octanol–water partition coefficient (Wildman–Crippen LogP) is 1.47. The lowest BCUT2D eigenvalue weighted by atomic mass is 10.1. The minimum atomic E-state index is -0.766. The van der Waals surface area contributed by atoms with E-state index in [0.717, 1.165) is 0 Å². The summed E-state index contributed by atoms with van der Waals surface area (Å²) in [6.45, 7) is 3.96. The van der Waals surface area contributed by atoms with E-state index in [-0.39, 0.29) is 18.5 Å². The molecule has 0 aromatic heterocycles. The third-order valence-electron chi connectivity index (χ3n) is 2.55. The third kappa shape index (κ3) is 4.83. The molecule has 0 amide bonds. The van der Waals surface area contributed by atoms with E-state index < -0.39 is 5.97 Å². The highest BCUT2D eigenvalue weighted by atomic mass is 16.4. The molecule has 0 heterocycles. The zero-order chi connectivity index (χ0) is 11.1. The summed E-state index contributed by atoms with van der Waals surface area (Å²) in [5, 5.41) is 17.0. The molecule has 2 unspecified atom stereocenters. The first-order valence-electron chi connectivity index (χ1n) is 4.79. The first-order chi connectivity index (χ1) is 6.49. The van der Waals surface area contributed by atoms with Crippen molar-refractivity contribution in [2.75, 3.05) is 7.05 Å². The van der Waals surface area contributed by atoms with Crippen molar-refractivity contribution < 1.29 is 9.90 Å². The van der Waals surface area contributed by atoms with Crippen molar-refractivity contribution in [2.24, 2.45) is 0 Å². The Morgan fingerprint density at radius 3 is 2.50 bits per heavy atom. The maximum absolute atomic E-state index is 10.4. The Balaban J connectivity index is 3.92. The van der Waals surface area contributed by atoms with E-state index in [1.807, 2.05) is 25.8 Å². The number of hydrogen-bond donors (Lipinski definition) is 1. The Labute approximate surface area is 85.1 Å². The number of nitriles is 1. The number of aliphatic carboxylic acids is 1. The van der Waals surface area contributed by atoms with Crippen LogP contribution in [-0.4, -0.2) is 35.1 Å². The lowest BCUT2D eigenvalue weighted by Crippen LogP contribution is -2.36. The van der Waals surface area contributed by atoms with Gasteiger partial charge in [-0.25, -0.2) is 0 Å². The molecule has 0 radical (unpaired) electrons. The minimum Gasteiger partial charge on any atom is -0.481 e. The Bertz CT molecular complexity index is 223. The van der Waals surface area contributed by atoms with Crippen LogP contribution >= 0.6 is 0 Å². The van der Waals surface area contributed by atoms with Crippen LogP contribution in [0.1, 0.15) is 33.1 Å². The van der Waals surface area contributed by atoms with E-state index in [1.54, 1.807) is 0 Å². The Morgan fingerprint density at radius 2 is 2.07 bits per heavy atom. The van der Waals surface area contributed by atoms with Gasteiger partial charge in [-0.3, -0.25) is 9.69 Å². The maximum atomic E-state index is 10.4. The topological polar surface area (TPSA) is 64.3 Å². The molecular formula is C10H18N2O2. The molecule has 0 fully saturated rings. The lowest BCUT2D eigenvalue weighted by molar-refractivity contribution is -0.137. The van der Waals surface area contributed by atoms with Crippen molar-refractivity contribution in [3.63, 3.8) is 0 Å². The van der Waals surface area contributed by atoms with Crippen LogP contribution in [0.4, 0.5) is 0 Å². The summed E-state index contributed by atoms with van der Waals surface area (Å²) in [5.74, 6) is -0.766. The highest BCUT2D eigenvalue weighted by Gasteiger charge is 2.16. The van der Waals surface area contributed by atoms with Gasteiger partial charge < -0.3 is 5.11 Å². The highest BCUT2D eigenvalue weighted by Crippen LogP contribution is 2.10. The van der Waals surface area contributed by atoms with Crippen LogP contribution in [0.25, 0.3) is 0 Å². The van der Waals surface area contributed by atoms with Gasteiger partial charge >= 0.3 is 5.97 Å². The van der Waals surface area contributed by atoms with E-state index in [1.165, 1.54) is 0 Å². The first-order valence-corrected chi connectivity index (χ1v) is 4.79. The molecular weight excluding hydrogens is 180 g/mol. The SMILES string of the molecule is CC(CC#N)N(C)C(C)CCC(=O)O. The molecule has 1 N–H and O–H groups in total. The molecule has 0 aromatic carbocycles. The fourth-order valence-corrected chi connectivity index (χ4v) is 1.25. The van der Waals surface area contributed by atoms with Gasteiger partial charge in [-0.05, 0) is 27.3 Å². The van der Waals surface area contributed by atoms with Crippen molar-refractivity contribution in [1.29, 1.82) is 5.26 Å². The van der Waals surface area contributed by atoms with Crippen LogP contribution in [0.5, 0.6) is 0 Å². The Hall–Kier alpha value is -1.08. The summed E-state index contributed by atoms with van der Waals surface area (Å²) in [4.78, 5) is 12.4. The molecule has 14 heavy (non-hydrogen) atoms. The Kier molecular flexibility index (Phi) is 5.89. The zero-order valence-electron chi connectivity index (χ0n) is 9.03. The summed E-state index contributed by atoms with van der Waals surface area (Å²) in [5.41, 5.74) is 0. The van der Waals surface area contributed by atoms with Gasteiger partial charge in [0.2, 0.25) is 0 Å². The molecule has 80 valence electrons. The molecule has 0 spiro atoms. The van der Waals surface area contributed by atoms with Gasteiger partial charge in [-0.2, -0.15) is 5.26 Å². The van der Waals surface area contributed by atoms with Gasteiger partial charge in [0, 0.05) is 18.5 Å². The molecule has 0 saturated heterocycles. The van der Waals surface area contributed by atoms with E-state index in [9.17, 15) is 4.79 Å². The second-order valence-corrected chi connectivity index (χ2v) is 3.66. The number of carboxylic acid groups (broad SMARTS) is 1. The van der Waals surface area contributed by atoms with Crippen LogP contribution in [0, 0.1) is 11.3 Å². The second kappa shape index (κ2) is 6.39. The largest absolute Gasteiger partial charge is 0.481 e. The standard InChI is InChI=1S/C10H18N2O2/c1-8(4-5-10(13)14)12(3)9(2)6-7-11/h8-9H,4-6H2,1-3H3,(H,13,14). The molecule has 4 nitrogen and oxygen atoms in total. The number of carboxylic acids is 1. The van der Waals surface area contributed by atoms with E-state index in [2.05, 4.69) is 6.07 Å².